The Morgan fingerprint density at radius 1 is 1.19 bits per heavy atom. The number of amidine groups is 1. The Kier molecular flexibility index (Phi) is 3.05. The normalized spacial score (nSPS) is 24.9. The van der Waals surface area contributed by atoms with Crippen LogP contribution in [-0.2, 0) is 9.59 Å². The number of carbonyl (C=O) groups is 2. The molecule has 2 aliphatic rings. The van der Waals surface area contributed by atoms with Crippen molar-refractivity contribution in [2.45, 2.75) is 38.5 Å². The Bertz CT molecular complexity index is 341. The van der Waals surface area contributed by atoms with E-state index in [1.165, 1.54) is 0 Å². The van der Waals surface area contributed by atoms with E-state index in [0.29, 0.717) is 18.7 Å². The summed E-state index contributed by atoms with van der Waals surface area (Å²) >= 11 is 0. The van der Waals surface area contributed by atoms with Crippen LogP contribution in [0.15, 0.2) is 4.99 Å². The number of aliphatic imine (C=N–C) groups is 1. The lowest BCUT2D eigenvalue weighted by atomic mass is 9.77. The van der Waals surface area contributed by atoms with E-state index in [1.54, 1.807) is 0 Å². The largest absolute Gasteiger partial charge is 0.324 e. The average Bonchev–Trinajstić information content (AvgIpc) is 2.52. The van der Waals surface area contributed by atoms with Gasteiger partial charge in [0.1, 0.15) is 11.3 Å². The van der Waals surface area contributed by atoms with Crippen LogP contribution in [0.1, 0.15) is 38.5 Å². The topological polar surface area (TPSA) is 84.5 Å². The zero-order chi connectivity index (χ0) is 11.6. The van der Waals surface area contributed by atoms with Crippen LogP contribution < -0.4 is 11.1 Å². The van der Waals surface area contributed by atoms with Gasteiger partial charge in [-0.15, -0.1) is 0 Å². The smallest absolute Gasteiger partial charge is 0.263 e. The highest BCUT2D eigenvalue weighted by atomic mass is 16.2. The molecule has 1 heterocycles. The van der Waals surface area contributed by atoms with E-state index in [4.69, 9.17) is 5.73 Å². The van der Waals surface area contributed by atoms with E-state index in [0.717, 1.165) is 25.7 Å². The molecular formula is C11H17N3O2. The van der Waals surface area contributed by atoms with E-state index in [1.807, 2.05) is 0 Å². The van der Waals surface area contributed by atoms with Crippen LogP contribution in [0.5, 0.6) is 0 Å². The maximum Gasteiger partial charge on any atom is 0.263 e. The minimum absolute atomic E-state index is 0.105. The van der Waals surface area contributed by atoms with Crippen LogP contribution >= 0.6 is 0 Å². The Morgan fingerprint density at radius 3 is 2.31 bits per heavy atom. The fourth-order valence-corrected chi connectivity index (χ4v) is 2.48. The van der Waals surface area contributed by atoms with E-state index >= 15 is 0 Å². The van der Waals surface area contributed by atoms with Crippen molar-refractivity contribution in [3.8, 4) is 0 Å². The Hall–Kier alpha value is -1.23. The highest BCUT2D eigenvalue weighted by Crippen LogP contribution is 2.37. The summed E-state index contributed by atoms with van der Waals surface area (Å²) in [6.07, 6.45) is 5.28. The third kappa shape index (κ3) is 1.75. The first-order chi connectivity index (χ1) is 7.69. The maximum atomic E-state index is 12.0. The van der Waals surface area contributed by atoms with E-state index in [-0.39, 0.29) is 18.4 Å². The van der Waals surface area contributed by atoms with Crippen molar-refractivity contribution in [1.82, 2.24) is 5.32 Å². The maximum absolute atomic E-state index is 12.0. The van der Waals surface area contributed by atoms with Crippen molar-refractivity contribution in [2.75, 3.05) is 6.54 Å². The molecule has 5 heteroatoms. The highest BCUT2D eigenvalue weighted by molar-refractivity contribution is 6.19. The second-order valence-electron chi connectivity index (χ2n) is 4.52. The number of amides is 2. The second-order valence-corrected chi connectivity index (χ2v) is 4.52. The first kappa shape index (κ1) is 11.3. The average molecular weight is 223 g/mol. The molecule has 16 heavy (non-hydrogen) atoms. The molecular weight excluding hydrogens is 206 g/mol. The van der Waals surface area contributed by atoms with Crippen molar-refractivity contribution in [1.29, 1.82) is 0 Å². The third-order valence-electron chi connectivity index (χ3n) is 3.49. The molecule has 3 N–H and O–H groups in total. The van der Waals surface area contributed by atoms with Gasteiger partial charge in [0.25, 0.3) is 5.91 Å². The summed E-state index contributed by atoms with van der Waals surface area (Å²) in [6, 6.07) is 0. The lowest BCUT2D eigenvalue weighted by molar-refractivity contribution is -0.142. The lowest BCUT2D eigenvalue weighted by Gasteiger charge is -2.31. The molecule has 5 nitrogen and oxygen atoms in total. The minimum atomic E-state index is -0.894. The summed E-state index contributed by atoms with van der Waals surface area (Å²) in [4.78, 5) is 27.9. The van der Waals surface area contributed by atoms with Gasteiger partial charge >= 0.3 is 0 Å². The molecule has 0 aromatic carbocycles. The summed E-state index contributed by atoms with van der Waals surface area (Å²) in [7, 11) is 0. The fraction of sp³-hybridized carbons (Fsp3) is 0.727. The van der Waals surface area contributed by atoms with Gasteiger partial charge in [-0.05, 0) is 12.8 Å². The predicted molar refractivity (Wildman–Crippen MR) is 59.8 cm³/mol. The first-order valence-electron chi connectivity index (χ1n) is 5.82. The van der Waals surface area contributed by atoms with Crippen LogP contribution in [-0.4, -0.2) is 24.2 Å². The predicted octanol–water partition coefficient (Wildman–Crippen LogP) is 0.341. The van der Waals surface area contributed by atoms with E-state index in [2.05, 4.69) is 10.3 Å². The Balaban J connectivity index is 2.29. The van der Waals surface area contributed by atoms with Crippen molar-refractivity contribution in [3.63, 3.8) is 0 Å². The van der Waals surface area contributed by atoms with Gasteiger partial charge in [0.2, 0.25) is 5.91 Å². The summed E-state index contributed by atoms with van der Waals surface area (Å²) in [5, 5.41) is 2.65. The molecule has 2 rings (SSSR count). The quantitative estimate of drug-likeness (QED) is 0.629. The lowest BCUT2D eigenvalue weighted by Crippen LogP contribution is -2.53. The van der Waals surface area contributed by atoms with Gasteiger partial charge < -0.3 is 11.1 Å². The van der Waals surface area contributed by atoms with Crippen LogP contribution in [0.25, 0.3) is 0 Å². The molecule has 1 fully saturated rings. The van der Waals surface area contributed by atoms with Crippen molar-refractivity contribution >= 4 is 17.6 Å². The standard InChI is InChI=1S/C11H17N3O2/c12-7-8-13-9(15)11(10(16)14-8)5-3-1-2-4-6-11/h1-7,12H2,(H,13,14,15,16). The van der Waals surface area contributed by atoms with E-state index < -0.39 is 5.41 Å². The number of carbonyl (C=O) groups excluding carboxylic acids is 2. The van der Waals surface area contributed by atoms with Crippen LogP contribution in [0.4, 0.5) is 0 Å². The Labute approximate surface area is 94.5 Å². The molecule has 0 saturated heterocycles. The molecule has 0 aromatic rings. The molecule has 0 bridgehead atoms. The van der Waals surface area contributed by atoms with Crippen LogP contribution in [0.3, 0.4) is 0 Å². The van der Waals surface area contributed by atoms with Crippen LogP contribution in [0, 0.1) is 5.41 Å². The van der Waals surface area contributed by atoms with Gasteiger partial charge in [0.05, 0.1) is 6.54 Å². The molecule has 1 aliphatic carbocycles. The van der Waals surface area contributed by atoms with Gasteiger partial charge in [-0.3, -0.25) is 9.59 Å². The minimum Gasteiger partial charge on any atom is -0.324 e. The number of hydrogen-bond acceptors (Lipinski definition) is 3. The molecule has 2 amide bonds. The third-order valence-corrected chi connectivity index (χ3v) is 3.49. The summed E-state index contributed by atoms with van der Waals surface area (Å²) in [6.45, 7) is 0.105. The number of hydrogen-bond donors (Lipinski definition) is 2. The molecule has 0 atom stereocenters. The number of rotatable bonds is 1. The van der Waals surface area contributed by atoms with Gasteiger partial charge in [0, 0.05) is 0 Å². The van der Waals surface area contributed by atoms with Gasteiger partial charge in [-0.25, -0.2) is 0 Å². The van der Waals surface area contributed by atoms with E-state index in [9.17, 15) is 9.59 Å². The molecule has 1 aliphatic heterocycles. The summed E-state index contributed by atoms with van der Waals surface area (Å²) < 4.78 is 0. The number of nitrogens with zero attached hydrogens (tertiary/aromatic N) is 1. The van der Waals surface area contributed by atoms with Crippen molar-refractivity contribution < 1.29 is 9.59 Å². The summed E-state index contributed by atoms with van der Waals surface area (Å²) in [5.74, 6) is -0.196. The summed E-state index contributed by atoms with van der Waals surface area (Å²) in [5.41, 5.74) is 4.49. The van der Waals surface area contributed by atoms with Crippen LogP contribution in [0.2, 0.25) is 0 Å². The van der Waals surface area contributed by atoms with Crippen molar-refractivity contribution in [2.24, 2.45) is 16.1 Å². The first-order valence-corrected chi connectivity index (χ1v) is 5.82. The second kappa shape index (κ2) is 4.33. The molecule has 0 radical (unpaired) electrons. The molecule has 88 valence electrons. The van der Waals surface area contributed by atoms with Crippen molar-refractivity contribution in [3.05, 3.63) is 0 Å². The SMILES string of the molecule is NCC1=NC(=O)C2(CCCCCC2)C(=O)N1. The molecule has 1 spiro atoms. The monoisotopic (exact) mass is 223 g/mol. The number of nitrogens with two attached hydrogens (primary N) is 1. The molecule has 0 aromatic heterocycles. The highest BCUT2D eigenvalue weighted by Gasteiger charge is 2.48. The zero-order valence-electron chi connectivity index (χ0n) is 9.29. The van der Waals surface area contributed by atoms with Gasteiger partial charge in [-0.2, -0.15) is 4.99 Å². The Morgan fingerprint density at radius 2 is 1.81 bits per heavy atom. The van der Waals surface area contributed by atoms with Gasteiger partial charge in [-0.1, -0.05) is 25.7 Å². The molecule has 1 saturated carbocycles. The fourth-order valence-electron chi connectivity index (χ4n) is 2.48. The number of nitrogens with one attached hydrogen (secondary N) is 1. The molecule has 0 unspecified atom stereocenters. The zero-order valence-corrected chi connectivity index (χ0v) is 9.29. The van der Waals surface area contributed by atoms with Gasteiger partial charge in [0.15, 0.2) is 0 Å².